The highest BCUT2D eigenvalue weighted by Gasteiger charge is 2.73. The molecule has 3 atom stereocenters. The summed E-state index contributed by atoms with van der Waals surface area (Å²) in [6, 6.07) is 17.4. The maximum Gasteiger partial charge on any atom is 0.330 e. The van der Waals surface area contributed by atoms with Crippen LogP contribution >= 0.6 is 46.4 Å². The maximum atomic E-state index is 14.2. The highest BCUT2D eigenvalue weighted by atomic mass is 35.5. The number of hydrogen-bond donors (Lipinski definition) is 1. The van der Waals surface area contributed by atoms with Gasteiger partial charge in [-0.2, -0.15) is 0 Å². The zero-order valence-electron chi connectivity index (χ0n) is 20.6. The minimum atomic E-state index is -1.61. The van der Waals surface area contributed by atoms with Crippen LogP contribution in [0.3, 0.4) is 0 Å². The first-order valence-electron chi connectivity index (χ1n) is 12.3. The van der Waals surface area contributed by atoms with Gasteiger partial charge < -0.3 is 10.5 Å². The molecule has 1 aliphatic heterocycles. The van der Waals surface area contributed by atoms with E-state index in [1.807, 2.05) is 0 Å². The largest absolute Gasteiger partial charge is 0.459 e. The summed E-state index contributed by atoms with van der Waals surface area (Å²) >= 11 is 26.8. The molecule has 2 N–H and O–H groups in total. The molecule has 0 saturated carbocycles. The number of ether oxygens (including phenoxy) is 1. The van der Waals surface area contributed by atoms with Crippen molar-refractivity contribution in [3.8, 4) is 0 Å². The third kappa shape index (κ3) is 3.64. The summed E-state index contributed by atoms with van der Waals surface area (Å²) in [7, 11) is 0. The van der Waals surface area contributed by atoms with Gasteiger partial charge in [0.25, 0.3) is 0 Å². The highest BCUT2D eigenvalue weighted by molar-refractivity contribution is 6.42. The molecule has 3 aliphatic carbocycles. The van der Waals surface area contributed by atoms with Crippen molar-refractivity contribution in [1.29, 1.82) is 0 Å². The van der Waals surface area contributed by atoms with Crippen molar-refractivity contribution in [2.75, 3.05) is 0 Å². The van der Waals surface area contributed by atoms with Crippen LogP contribution in [0.5, 0.6) is 0 Å². The summed E-state index contributed by atoms with van der Waals surface area (Å²) in [4.78, 5) is 51.6. The SMILES string of the molecule is NC(=O)C[C@H](C(=O)OCc1ccc(Cl)c(Cl)c1)N1C(=O)[C@@H]2[C@H](C1=O)C1(Cl)c3ccccc3C2(Cl)c2ccccc21. The number of amides is 3. The van der Waals surface area contributed by atoms with Crippen LogP contribution in [0.25, 0.3) is 0 Å². The number of imide groups is 1. The van der Waals surface area contributed by atoms with Gasteiger partial charge in [0, 0.05) is 0 Å². The molecule has 0 unspecified atom stereocenters. The van der Waals surface area contributed by atoms with Crippen LogP contribution in [0.1, 0.15) is 34.2 Å². The van der Waals surface area contributed by atoms with Crippen molar-refractivity contribution in [2.24, 2.45) is 17.6 Å². The van der Waals surface area contributed by atoms with Crippen molar-refractivity contribution in [1.82, 2.24) is 4.90 Å². The number of rotatable bonds is 6. The zero-order chi connectivity index (χ0) is 28.6. The van der Waals surface area contributed by atoms with Crippen LogP contribution < -0.4 is 5.73 Å². The summed E-state index contributed by atoms with van der Waals surface area (Å²) in [6.45, 7) is -0.246. The number of primary amides is 1. The lowest BCUT2D eigenvalue weighted by atomic mass is 9.54. The normalized spacial score (nSPS) is 26.6. The van der Waals surface area contributed by atoms with Gasteiger partial charge in [-0.3, -0.25) is 19.3 Å². The van der Waals surface area contributed by atoms with Crippen molar-refractivity contribution >= 4 is 70.1 Å². The molecular formula is C29H20Cl4N2O5. The minimum Gasteiger partial charge on any atom is -0.459 e. The number of carbonyl (C=O) groups is 4. The second-order valence-electron chi connectivity index (χ2n) is 10.1. The topological polar surface area (TPSA) is 107 Å². The number of nitrogens with two attached hydrogens (primary N) is 1. The molecule has 3 aromatic rings. The van der Waals surface area contributed by atoms with Crippen LogP contribution in [0.4, 0.5) is 0 Å². The number of carbonyl (C=O) groups excluding carboxylic acids is 4. The van der Waals surface area contributed by atoms with Crippen LogP contribution in [0.2, 0.25) is 10.0 Å². The van der Waals surface area contributed by atoms with Crippen LogP contribution in [0.15, 0.2) is 66.7 Å². The third-order valence-electron chi connectivity index (χ3n) is 7.96. The number of benzene rings is 3. The Morgan fingerprint density at radius 3 is 1.73 bits per heavy atom. The molecule has 40 heavy (non-hydrogen) atoms. The Morgan fingerprint density at radius 1 is 0.825 bits per heavy atom. The van der Waals surface area contributed by atoms with Crippen LogP contribution in [-0.4, -0.2) is 34.6 Å². The van der Waals surface area contributed by atoms with Gasteiger partial charge in [0.15, 0.2) is 0 Å². The van der Waals surface area contributed by atoms with Gasteiger partial charge in [0.2, 0.25) is 17.7 Å². The first kappa shape index (κ1) is 27.1. The van der Waals surface area contributed by atoms with E-state index in [2.05, 4.69) is 0 Å². The van der Waals surface area contributed by atoms with E-state index in [4.69, 9.17) is 56.9 Å². The van der Waals surface area contributed by atoms with E-state index < -0.39 is 57.7 Å². The van der Waals surface area contributed by atoms with Crippen molar-refractivity contribution in [2.45, 2.75) is 28.8 Å². The molecule has 0 spiro atoms. The third-order valence-corrected chi connectivity index (χ3v) is 9.99. The predicted octanol–water partition coefficient (Wildman–Crippen LogP) is 4.87. The summed E-state index contributed by atoms with van der Waals surface area (Å²) < 4.78 is 5.43. The number of alkyl halides is 2. The maximum absolute atomic E-state index is 14.2. The Labute approximate surface area is 249 Å². The second-order valence-corrected chi connectivity index (χ2v) is 12.1. The standard InChI is InChI=1S/C29H20Cl4N2O5/c30-19-10-9-14(11-20(19)31)13-40-27(39)21(12-22(34)36)35-25(37)23-24(26(35)38)29(33)16-6-2-1-5-15(16)28(23,32)17-7-3-4-8-18(17)29/h1-11,21,23-24H,12-13H2,(H2,34,36)/t21-,23-,24+,28?,29?/m1/s1. The van der Waals surface area contributed by atoms with Gasteiger partial charge in [0.05, 0.1) is 28.3 Å². The quantitative estimate of drug-likeness (QED) is 0.241. The molecule has 1 heterocycles. The lowest BCUT2D eigenvalue weighted by molar-refractivity contribution is -0.160. The van der Waals surface area contributed by atoms with Gasteiger partial charge in [0.1, 0.15) is 22.4 Å². The van der Waals surface area contributed by atoms with Gasteiger partial charge in [-0.15, -0.1) is 23.2 Å². The fourth-order valence-electron chi connectivity index (χ4n) is 6.35. The van der Waals surface area contributed by atoms with Crippen molar-refractivity contribution in [3.63, 3.8) is 0 Å². The van der Waals surface area contributed by atoms with E-state index >= 15 is 0 Å². The Bertz CT molecular complexity index is 1500. The average molecular weight is 618 g/mol. The lowest BCUT2D eigenvalue weighted by Crippen LogP contribution is -2.57. The Hall–Kier alpha value is -3.10. The Balaban J connectivity index is 1.41. The second kappa shape index (κ2) is 9.48. The molecular weight excluding hydrogens is 598 g/mol. The monoisotopic (exact) mass is 616 g/mol. The smallest absolute Gasteiger partial charge is 0.330 e. The summed E-state index contributed by atoms with van der Waals surface area (Å²) in [5.41, 5.74) is 8.42. The molecule has 1 saturated heterocycles. The molecule has 2 bridgehead atoms. The van der Waals surface area contributed by atoms with Gasteiger partial charge >= 0.3 is 5.97 Å². The first-order valence-corrected chi connectivity index (χ1v) is 13.9. The number of esters is 1. The number of nitrogens with zero attached hydrogens (tertiary/aromatic N) is 1. The van der Waals surface area contributed by atoms with Gasteiger partial charge in [-0.25, -0.2) is 4.79 Å². The van der Waals surface area contributed by atoms with E-state index in [0.29, 0.717) is 32.8 Å². The first-order chi connectivity index (χ1) is 19.0. The molecule has 0 aromatic heterocycles. The molecule has 4 aliphatic rings. The molecule has 1 fully saturated rings. The molecule has 0 radical (unpaired) electrons. The molecule has 7 rings (SSSR count). The average Bonchev–Trinajstić information content (AvgIpc) is 3.21. The Morgan fingerprint density at radius 2 is 1.30 bits per heavy atom. The van der Waals surface area contributed by atoms with Crippen LogP contribution in [-0.2, 0) is 40.3 Å². The van der Waals surface area contributed by atoms with Gasteiger partial charge in [-0.1, -0.05) is 77.8 Å². The zero-order valence-corrected chi connectivity index (χ0v) is 23.6. The molecule has 7 nitrogen and oxygen atoms in total. The van der Waals surface area contributed by atoms with E-state index in [1.165, 1.54) is 12.1 Å². The summed E-state index contributed by atoms with van der Waals surface area (Å²) in [6.07, 6.45) is -0.637. The minimum absolute atomic E-state index is 0.246. The molecule has 3 amide bonds. The predicted molar refractivity (Wildman–Crippen MR) is 149 cm³/mol. The summed E-state index contributed by atoms with van der Waals surface area (Å²) in [5.74, 6) is -5.61. The number of halogens is 4. The highest BCUT2D eigenvalue weighted by Crippen LogP contribution is 2.69. The summed E-state index contributed by atoms with van der Waals surface area (Å²) in [5, 5.41) is 0.577. The van der Waals surface area contributed by atoms with E-state index in [9.17, 15) is 19.2 Å². The van der Waals surface area contributed by atoms with Gasteiger partial charge in [-0.05, 0) is 39.9 Å². The van der Waals surface area contributed by atoms with E-state index in [0.717, 1.165) is 4.90 Å². The van der Waals surface area contributed by atoms with Crippen LogP contribution in [0, 0.1) is 11.8 Å². The molecule has 204 valence electrons. The molecule has 3 aromatic carbocycles. The van der Waals surface area contributed by atoms with E-state index in [1.54, 1.807) is 54.6 Å². The van der Waals surface area contributed by atoms with E-state index in [-0.39, 0.29) is 11.6 Å². The Kier molecular flexibility index (Phi) is 6.42. The molecule has 11 heteroatoms. The van der Waals surface area contributed by atoms with Crippen molar-refractivity contribution < 1.29 is 23.9 Å². The fraction of sp³-hybridized carbons (Fsp3) is 0.241. The number of hydrogen-bond acceptors (Lipinski definition) is 5. The van der Waals surface area contributed by atoms with Crippen molar-refractivity contribution in [3.05, 3.63) is 105 Å². The lowest BCUT2D eigenvalue weighted by Gasteiger charge is -2.54. The fourth-order valence-corrected chi connectivity index (χ4v) is 7.77. The number of likely N-dealkylation sites (tertiary alicyclic amines) is 1.